The molecule has 1 atom stereocenters. The van der Waals surface area contributed by atoms with E-state index in [0.717, 1.165) is 5.69 Å². The average Bonchev–Trinajstić information content (AvgIpc) is 2.12. The maximum atomic E-state index is 5.91. The summed E-state index contributed by atoms with van der Waals surface area (Å²) < 4.78 is 0. The summed E-state index contributed by atoms with van der Waals surface area (Å²) in [5, 5.41) is 0. The average molecular weight is 177 g/mol. The third-order valence-corrected chi connectivity index (χ3v) is 2.91. The number of hydrogen-bond donors (Lipinski definition) is 1. The Kier molecular flexibility index (Phi) is 2.97. The number of nitrogens with two attached hydrogens (primary N) is 1. The van der Waals surface area contributed by atoms with E-state index in [1.54, 1.807) is 0 Å². The predicted molar refractivity (Wildman–Crippen MR) is 59.0 cm³/mol. The summed E-state index contributed by atoms with van der Waals surface area (Å²) in [7, 11) is 0. The molecule has 0 amide bonds. The summed E-state index contributed by atoms with van der Waals surface area (Å²) in [4.78, 5) is 0. The van der Waals surface area contributed by atoms with Crippen molar-refractivity contribution in [2.45, 2.75) is 40.0 Å². The molecule has 1 aromatic rings. The van der Waals surface area contributed by atoms with Gasteiger partial charge in [-0.1, -0.05) is 19.9 Å². The van der Waals surface area contributed by atoms with Gasteiger partial charge >= 0.3 is 0 Å². The van der Waals surface area contributed by atoms with Gasteiger partial charge in [-0.15, -0.1) is 0 Å². The van der Waals surface area contributed by atoms with Crippen LogP contribution >= 0.6 is 0 Å². The number of rotatable bonds is 2. The summed E-state index contributed by atoms with van der Waals surface area (Å²) in [6, 6.07) is 4.36. The Morgan fingerprint density at radius 1 is 1.31 bits per heavy atom. The maximum Gasteiger partial charge on any atom is 0.0349 e. The van der Waals surface area contributed by atoms with Crippen LogP contribution in [0.1, 0.15) is 42.9 Å². The van der Waals surface area contributed by atoms with Gasteiger partial charge in [0.05, 0.1) is 0 Å². The third kappa shape index (κ3) is 2.03. The van der Waals surface area contributed by atoms with Crippen LogP contribution in [-0.2, 0) is 0 Å². The van der Waals surface area contributed by atoms with E-state index in [0.29, 0.717) is 5.92 Å². The van der Waals surface area contributed by atoms with Gasteiger partial charge in [0, 0.05) is 5.69 Å². The Bertz CT molecular complexity index is 279. The van der Waals surface area contributed by atoms with Gasteiger partial charge in [-0.3, -0.25) is 0 Å². The molecule has 0 bridgehead atoms. The van der Waals surface area contributed by atoms with Crippen LogP contribution in [0.4, 0.5) is 5.69 Å². The van der Waals surface area contributed by atoms with Crippen LogP contribution in [0.2, 0.25) is 0 Å². The molecule has 0 aliphatic carbocycles. The lowest BCUT2D eigenvalue weighted by atomic mass is 9.94. The van der Waals surface area contributed by atoms with E-state index in [9.17, 15) is 0 Å². The first-order chi connectivity index (χ1) is 6.06. The van der Waals surface area contributed by atoms with Crippen molar-refractivity contribution >= 4 is 5.69 Å². The number of nitrogen functional groups attached to an aromatic ring is 1. The lowest BCUT2D eigenvalue weighted by Crippen LogP contribution is -1.98. The molecule has 13 heavy (non-hydrogen) atoms. The first-order valence-electron chi connectivity index (χ1n) is 4.92. The summed E-state index contributed by atoms with van der Waals surface area (Å²) in [6.45, 7) is 8.64. The van der Waals surface area contributed by atoms with Crippen LogP contribution in [0.5, 0.6) is 0 Å². The molecule has 1 aromatic carbocycles. The highest BCUT2D eigenvalue weighted by molar-refractivity contribution is 5.53. The van der Waals surface area contributed by atoms with Crippen LogP contribution in [-0.4, -0.2) is 0 Å². The Morgan fingerprint density at radius 2 is 1.92 bits per heavy atom. The van der Waals surface area contributed by atoms with Crippen LogP contribution in [0.3, 0.4) is 0 Å². The zero-order chi connectivity index (χ0) is 10.0. The van der Waals surface area contributed by atoms with Gasteiger partial charge in [0.25, 0.3) is 0 Å². The molecule has 1 rings (SSSR count). The molecular weight excluding hydrogens is 158 g/mol. The zero-order valence-electron chi connectivity index (χ0n) is 9.02. The molecule has 0 saturated carbocycles. The van der Waals surface area contributed by atoms with Gasteiger partial charge in [-0.2, -0.15) is 0 Å². The van der Waals surface area contributed by atoms with Crippen molar-refractivity contribution in [2.24, 2.45) is 0 Å². The molecule has 1 unspecified atom stereocenters. The largest absolute Gasteiger partial charge is 0.398 e. The van der Waals surface area contributed by atoms with Crippen molar-refractivity contribution in [3.63, 3.8) is 0 Å². The molecule has 1 nitrogen and oxygen atoms in total. The van der Waals surface area contributed by atoms with Crippen LogP contribution in [0, 0.1) is 13.8 Å². The number of hydrogen-bond acceptors (Lipinski definition) is 1. The monoisotopic (exact) mass is 177 g/mol. The quantitative estimate of drug-likeness (QED) is 0.688. The first-order valence-corrected chi connectivity index (χ1v) is 4.92. The Morgan fingerprint density at radius 3 is 2.38 bits per heavy atom. The van der Waals surface area contributed by atoms with E-state index in [-0.39, 0.29) is 0 Å². The molecule has 72 valence electrons. The fourth-order valence-corrected chi connectivity index (χ4v) is 1.44. The molecule has 0 aliphatic heterocycles. The van der Waals surface area contributed by atoms with E-state index in [4.69, 9.17) is 5.73 Å². The van der Waals surface area contributed by atoms with Gasteiger partial charge in [0.15, 0.2) is 0 Å². The molecule has 1 heteroatoms. The van der Waals surface area contributed by atoms with E-state index < -0.39 is 0 Å². The lowest BCUT2D eigenvalue weighted by molar-refractivity contribution is 0.733. The zero-order valence-corrected chi connectivity index (χ0v) is 9.02. The minimum absolute atomic E-state index is 0.613. The topological polar surface area (TPSA) is 26.0 Å². The van der Waals surface area contributed by atoms with E-state index in [2.05, 4.69) is 39.8 Å². The molecule has 0 fully saturated rings. The molecule has 2 N–H and O–H groups in total. The second-order valence-electron chi connectivity index (χ2n) is 3.86. The maximum absolute atomic E-state index is 5.91. The molecule has 0 saturated heterocycles. The molecule has 0 spiro atoms. The minimum atomic E-state index is 0.613. The summed E-state index contributed by atoms with van der Waals surface area (Å²) in [6.07, 6.45) is 1.17. The normalized spacial score (nSPS) is 12.9. The van der Waals surface area contributed by atoms with Crippen LogP contribution in [0.15, 0.2) is 12.1 Å². The lowest BCUT2D eigenvalue weighted by Gasteiger charge is -2.13. The number of aryl methyl sites for hydroxylation is 1. The van der Waals surface area contributed by atoms with E-state index in [1.165, 1.54) is 23.1 Å². The SMILES string of the molecule is CCC(C)c1cc(C)c(C)c(N)c1. The van der Waals surface area contributed by atoms with Crippen molar-refractivity contribution < 1.29 is 0 Å². The summed E-state index contributed by atoms with van der Waals surface area (Å²) >= 11 is 0. The van der Waals surface area contributed by atoms with Gasteiger partial charge in [0.2, 0.25) is 0 Å². The standard InChI is InChI=1S/C12H19N/c1-5-8(2)11-6-9(3)10(4)12(13)7-11/h6-8H,5,13H2,1-4H3. The van der Waals surface area contributed by atoms with E-state index in [1.807, 2.05) is 0 Å². The highest BCUT2D eigenvalue weighted by Crippen LogP contribution is 2.25. The van der Waals surface area contributed by atoms with E-state index >= 15 is 0 Å². The van der Waals surface area contributed by atoms with Gasteiger partial charge in [0.1, 0.15) is 0 Å². The second kappa shape index (κ2) is 3.82. The fraction of sp³-hybridized carbons (Fsp3) is 0.500. The highest BCUT2D eigenvalue weighted by Gasteiger charge is 2.06. The van der Waals surface area contributed by atoms with Crippen molar-refractivity contribution in [3.05, 3.63) is 28.8 Å². The Labute approximate surface area is 81.0 Å². The van der Waals surface area contributed by atoms with Gasteiger partial charge < -0.3 is 5.73 Å². The van der Waals surface area contributed by atoms with Crippen molar-refractivity contribution in [2.75, 3.05) is 5.73 Å². The predicted octanol–water partition coefficient (Wildman–Crippen LogP) is 3.40. The summed E-state index contributed by atoms with van der Waals surface area (Å²) in [5.41, 5.74) is 10.7. The number of anilines is 1. The molecule has 0 heterocycles. The first kappa shape index (κ1) is 10.1. The second-order valence-corrected chi connectivity index (χ2v) is 3.86. The van der Waals surface area contributed by atoms with Crippen LogP contribution in [0.25, 0.3) is 0 Å². The van der Waals surface area contributed by atoms with Gasteiger partial charge in [-0.05, 0) is 48.9 Å². The summed E-state index contributed by atoms with van der Waals surface area (Å²) in [5.74, 6) is 0.613. The molecule has 0 aromatic heterocycles. The highest BCUT2D eigenvalue weighted by atomic mass is 14.6. The fourth-order valence-electron chi connectivity index (χ4n) is 1.44. The molecular formula is C12H19N. The third-order valence-electron chi connectivity index (χ3n) is 2.91. The van der Waals surface area contributed by atoms with Crippen LogP contribution < -0.4 is 5.73 Å². The van der Waals surface area contributed by atoms with Crippen molar-refractivity contribution in [1.82, 2.24) is 0 Å². The Hall–Kier alpha value is -0.980. The minimum Gasteiger partial charge on any atom is -0.398 e. The Balaban J connectivity index is 3.13. The molecule has 0 radical (unpaired) electrons. The smallest absolute Gasteiger partial charge is 0.0349 e. The van der Waals surface area contributed by atoms with Gasteiger partial charge in [-0.25, -0.2) is 0 Å². The van der Waals surface area contributed by atoms with Crippen molar-refractivity contribution in [1.29, 1.82) is 0 Å². The molecule has 0 aliphatic rings. The van der Waals surface area contributed by atoms with Crippen molar-refractivity contribution in [3.8, 4) is 0 Å². The number of benzene rings is 1.